The summed E-state index contributed by atoms with van der Waals surface area (Å²) in [5, 5.41) is 11.7. The SMILES string of the molecule is CCOC(=O)N1[C@@H]2CC[C@@H](C2=Cc2ccc(C#N)cc2)N1C(=O)OCC. The highest BCUT2D eigenvalue weighted by Crippen LogP contribution is 2.43. The molecule has 2 aliphatic rings. The molecule has 1 aromatic rings. The molecule has 7 heteroatoms. The van der Waals surface area contributed by atoms with Crippen molar-refractivity contribution in [1.82, 2.24) is 10.0 Å². The summed E-state index contributed by atoms with van der Waals surface area (Å²) >= 11 is 0. The van der Waals surface area contributed by atoms with Crippen molar-refractivity contribution in [1.29, 1.82) is 5.26 Å². The third kappa shape index (κ3) is 3.10. The van der Waals surface area contributed by atoms with Gasteiger partial charge in [0.25, 0.3) is 0 Å². The number of amides is 2. The van der Waals surface area contributed by atoms with E-state index in [-0.39, 0.29) is 25.3 Å². The van der Waals surface area contributed by atoms with Crippen LogP contribution in [0.4, 0.5) is 9.59 Å². The van der Waals surface area contributed by atoms with E-state index in [1.807, 2.05) is 18.2 Å². The topological polar surface area (TPSA) is 82.9 Å². The van der Waals surface area contributed by atoms with Crippen molar-refractivity contribution in [3.63, 3.8) is 0 Å². The molecule has 7 nitrogen and oxygen atoms in total. The largest absolute Gasteiger partial charge is 0.448 e. The lowest BCUT2D eigenvalue weighted by atomic mass is 10.0. The number of ether oxygens (including phenoxy) is 2. The predicted molar refractivity (Wildman–Crippen MR) is 93.7 cm³/mol. The van der Waals surface area contributed by atoms with Gasteiger partial charge in [-0.05, 0) is 50.0 Å². The fraction of sp³-hybridized carbons (Fsp3) is 0.421. The highest BCUT2D eigenvalue weighted by atomic mass is 16.6. The molecule has 1 aliphatic heterocycles. The lowest BCUT2D eigenvalue weighted by Crippen LogP contribution is -2.53. The Hall–Kier alpha value is -3.01. The van der Waals surface area contributed by atoms with Crippen molar-refractivity contribution in [2.24, 2.45) is 0 Å². The van der Waals surface area contributed by atoms with Gasteiger partial charge < -0.3 is 9.47 Å². The zero-order valence-electron chi connectivity index (χ0n) is 14.8. The first-order valence-corrected chi connectivity index (χ1v) is 8.74. The molecule has 1 aromatic carbocycles. The van der Waals surface area contributed by atoms with Gasteiger partial charge in [-0.15, -0.1) is 0 Å². The lowest BCUT2D eigenvalue weighted by Gasteiger charge is -2.35. The van der Waals surface area contributed by atoms with Crippen LogP contribution in [-0.4, -0.2) is 47.5 Å². The normalized spacial score (nSPS) is 22.4. The average Bonchev–Trinajstić information content (AvgIpc) is 3.17. The Balaban J connectivity index is 1.94. The van der Waals surface area contributed by atoms with Gasteiger partial charge in [-0.3, -0.25) is 0 Å². The molecule has 0 aromatic heterocycles. The Morgan fingerprint density at radius 3 is 2.00 bits per heavy atom. The molecule has 136 valence electrons. The monoisotopic (exact) mass is 355 g/mol. The molecule has 2 amide bonds. The Morgan fingerprint density at radius 2 is 1.58 bits per heavy atom. The summed E-state index contributed by atoms with van der Waals surface area (Å²) in [5.74, 6) is 0. The van der Waals surface area contributed by atoms with Crippen LogP contribution in [0.5, 0.6) is 0 Å². The Morgan fingerprint density at radius 1 is 1.08 bits per heavy atom. The second kappa shape index (κ2) is 7.48. The highest BCUT2D eigenvalue weighted by molar-refractivity contribution is 5.79. The van der Waals surface area contributed by atoms with Crippen LogP contribution in [0.15, 0.2) is 29.8 Å². The minimum absolute atomic E-state index is 0.223. The second-order valence-electron chi connectivity index (χ2n) is 6.07. The Kier molecular flexibility index (Phi) is 5.12. The molecular formula is C19H21N3O4. The zero-order valence-corrected chi connectivity index (χ0v) is 14.8. The van der Waals surface area contributed by atoms with E-state index >= 15 is 0 Å². The first-order chi connectivity index (χ1) is 12.6. The fourth-order valence-electron chi connectivity index (χ4n) is 3.55. The van der Waals surface area contributed by atoms with E-state index in [9.17, 15) is 9.59 Å². The molecule has 0 unspecified atom stereocenters. The van der Waals surface area contributed by atoms with Gasteiger partial charge in [-0.2, -0.15) is 5.26 Å². The minimum atomic E-state index is -0.543. The van der Waals surface area contributed by atoms with Gasteiger partial charge in [0.2, 0.25) is 0 Å². The van der Waals surface area contributed by atoms with Crippen molar-refractivity contribution < 1.29 is 19.1 Å². The molecule has 1 saturated carbocycles. The van der Waals surface area contributed by atoms with Crippen LogP contribution in [0, 0.1) is 11.3 Å². The number of hydrogen-bond acceptors (Lipinski definition) is 5. The molecule has 1 heterocycles. The van der Waals surface area contributed by atoms with Crippen LogP contribution in [0.25, 0.3) is 6.08 Å². The Bertz CT molecular complexity index is 732. The van der Waals surface area contributed by atoms with Crippen LogP contribution >= 0.6 is 0 Å². The quantitative estimate of drug-likeness (QED) is 0.830. The van der Waals surface area contributed by atoms with Crippen LogP contribution in [0.1, 0.15) is 37.8 Å². The van der Waals surface area contributed by atoms with E-state index in [0.717, 1.165) is 24.0 Å². The average molecular weight is 355 g/mol. The van der Waals surface area contributed by atoms with E-state index in [0.29, 0.717) is 5.56 Å². The van der Waals surface area contributed by atoms with E-state index in [1.54, 1.807) is 26.0 Å². The summed E-state index contributed by atoms with van der Waals surface area (Å²) in [7, 11) is 0. The molecule has 0 radical (unpaired) electrons. The molecule has 1 aliphatic carbocycles. The third-order valence-corrected chi connectivity index (χ3v) is 4.59. The maximum atomic E-state index is 12.4. The highest BCUT2D eigenvalue weighted by Gasteiger charge is 2.54. The summed E-state index contributed by atoms with van der Waals surface area (Å²) in [6.45, 7) is 3.93. The van der Waals surface area contributed by atoms with E-state index < -0.39 is 12.2 Å². The van der Waals surface area contributed by atoms with Crippen LogP contribution in [0.3, 0.4) is 0 Å². The van der Waals surface area contributed by atoms with E-state index in [4.69, 9.17) is 14.7 Å². The number of carbonyl (C=O) groups excluding carboxylic acids is 2. The maximum absolute atomic E-state index is 12.4. The van der Waals surface area contributed by atoms with Crippen molar-refractivity contribution in [3.8, 4) is 6.07 Å². The van der Waals surface area contributed by atoms with Crippen LogP contribution in [-0.2, 0) is 9.47 Å². The second-order valence-corrected chi connectivity index (χ2v) is 6.07. The third-order valence-electron chi connectivity index (χ3n) is 4.59. The van der Waals surface area contributed by atoms with Gasteiger partial charge in [-0.25, -0.2) is 19.6 Å². The molecule has 0 N–H and O–H groups in total. The summed E-state index contributed by atoms with van der Waals surface area (Å²) in [6.07, 6.45) is 2.43. The van der Waals surface area contributed by atoms with Crippen molar-refractivity contribution in [2.45, 2.75) is 38.8 Å². The fourth-order valence-corrected chi connectivity index (χ4v) is 3.55. The summed E-state index contributed by atoms with van der Waals surface area (Å²) in [4.78, 5) is 24.9. The number of carbonyl (C=O) groups is 2. The molecule has 1 saturated heterocycles. The van der Waals surface area contributed by atoms with Crippen molar-refractivity contribution in [3.05, 3.63) is 41.0 Å². The number of rotatable bonds is 3. The molecular weight excluding hydrogens is 334 g/mol. The summed E-state index contributed by atoms with van der Waals surface area (Å²) < 4.78 is 10.3. The number of nitriles is 1. The van der Waals surface area contributed by atoms with Gasteiger partial charge in [0.1, 0.15) is 0 Å². The van der Waals surface area contributed by atoms with Gasteiger partial charge in [0, 0.05) is 0 Å². The van der Waals surface area contributed by atoms with Gasteiger partial charge in [0.05, 0.1) is 36.9 Å². The van der Waals surface area contributed by atoms with Crippen LogP contribution < -0.4 is 0 Å². The van der Waals surface area contributed by atoms with Crippen molar-refractivity contribution in [2.75, 3.05) is 13.2 Å². The van der Waals surface area contributed by atoms with E-state index in [1.165, 1.54) is 10.0 Å². The Labute approximate surface area is 152 Å². The first-order valence-electron chi connectivity index (χ1n) is 8.74. The summed E-state index contributed by atoms with van der Waals surface area (Å²) in [5.41, 5.74) is 2.49. The molecule has 2 fully saturated rings. The number of hydrazine groups is 1. The molecule has 0 spiro atoms. The van der Waals surface area contributed by atoms with Crippen LogP contribution in [0.2, 0.25) is 0 Å². The van der Waals surface area contributed by atoms with Gasteiger partial charge >= 0.3 is 12.2 Å². The number of benzene rings is 1. The van der Waals surface area contributed by atoms with Gasteiger partial charge in [0.15, 0.2) is 0 Å². The predicted octanol–water partition coefficient (Wildman–Crippen LogP) is 3.32. The molecule has 26 heavy (non-hydrogen) atoms. The standard InChI is InChI=1S/C19H21N3O4/c1-3-25-18(23)21-16-9-10-17(22(21)19(24)26-4-2)15(16)11-13-5-7-14(12-20)8-6-13/h5-8,11,16-17H,3-4,9-10H2,1-2H3/t16-,17+. The lowest BCUT2D eigenvalue weighted by molar-refractivity contribution is -0.0378. The van der Waals surface area contributed by atoms with Gasteiger partial charge in [-0.1, -0.05) is 18.2 Å². The molecule has 2 atom stereocenters. The molecule has 2 bridgehead atoms. The number of fused-ring (bicyclic) bond motifs is 2. The number of nitrogens with zero attached hydrogens (tertiary/aromatic N) is 3. The smallest absolute Gasteiger partial charge is 0.429 e. The first kappa shape index (κ1) is 17.8. The summed E-state index contributed by atoms with van der Waals surface area (Å²) in [6, 6.07) is 8.84. The zero-order chi connectivity index (χ0) is 18.7. The maximum Gasteiger partial charge on any atom is 0.429 e. The minimum Gasteiger partial charge on any atom is -0.448 e. The van der Waals surface area contributed by atoms with E-state index in [2.05, 4.69) is 6.07 Å². The number of hydrogen-bond donors (Lipinski definition) is 0. The van der Waals surface area contributed by atoms with Crippen molar-refractivity contribution >= 4 is 18.3 Å². The molecule has 3 rings (SSSR count).